The van der Waals surface area contributed by atoms with Gasteiger partial charge in [-0.2, -0.15) is 4.31 Å². The summed E-state index contributed by atoms with van der Waals surface area (Å²) in [5.41, 5.74) is 0. The molecule has 1 aromatic heterocycles. The molecule has 1 aliphatic heterocycles. The average molecular weight is 387 g/mol. The van der Waals surface area contributed by atoms with Gasteiger partial charge in [0.05, 0.1) is 0 Å². The van der Waals surface area contributed by atoms with E-state index in [4.69, 9.17) is 0 Å². The molecule has 3 rings (SSSR count). The van der Waals surface area contributed by atoms with E-state index in [1.54, 1.807) is 12.3 Å². The molecule has 0 spiro atoms. The lowest BCUT2D eigenvalue weighted by atomic mass is 10.3. The number of hydrogen-bond donors (Lipinski definition) is 0. The second-order valence-corrected chi connectivity index (χ2v) is 7.48. The van der Waals surface area contributed by atoms with Crippen molar-refractivity contribution in [1.29, 1.82) is 0 Å². The van der Waals surface area contributed by atoms with E-state index in [0.717, 1.165) is 22.3 Å². The number of rotatable bonds is 4. The SMILES string of the molecule is O=S(=O)(c1ccccc1OC(F)(F)F)N1CCN(c2ccccn2)CC1. The van der Waals surface area contributed by atoms with E-state index >= 15 is 0 Å². The first-order valence-corrected chi connectivity index (χ1v) is 9.22. The van der Waals surface area contributed by atoms with Crippen LogP contribution in [0.1, 0.15) is 0 Å². The number of halogens is 3. The number of benzene rings is 1. The molecule has 0 radical (unpaired) electrons. The molecule has 1 saturated heterocycles. The van der Waals surface area contributed by atoms with E-state index in [1.165, 1.54) is 12.1 Å². The molecule has 1 fully saturated rings. The van der Waals surface area contributed by atoms with Crippen molar-refractivity contribution in [2.24, 2.45) is 0 Å². The zero-order valence-electron chi connectivity index (χ0n) is 13.6. The first kappa shape index (κ1) is 18.5. The molecular weight excluding hydrogens is 371 g/mol. The predicted molar refractivity (Wildman–Crippen MR) is 88.3 cm³/mol. The lowest BCUT2D eigenvalue weighted by Crippen LogP contribution is -2.49. The molecule has 10 heteroatoms. The zero-order chi connectivity index (χ0) is 18.8. The van der Waals surface area contributed by atoms with Gasteiger partial charge in [-0.05, 0) is 24.3 Å². The van der Waals surface area contributed by atoms with Gasteiger partial charge in [-0.25, -0.2) is 13.4 Å². The minimum Gasteiger partial charge on any atom is -0.404 e. The highest BCUT2D eigenvalue weighted by Gasteiger charge is 2.36. The minimum atomic E-state index is -4.97. The topological polar surface area (TPSA) is 62.7 Å². The first-order chi connectivity index (χ1) is 12.3. The Balaban J connectivity index is 1.78. The fraction of sp³-hybridized carbons (Fsp3) is 0.312. The van der Waals surface area contributed by atoms with Gasteiger partial charge in [0.2, 0.25) is 10.0 Å². The largest absolute Gasteiger partial charge is 0.573 e. The monoisotopic (exact) mass is 387 g/mol. The summed E-state index contributed by atoms with van der Waals surface area (Å²) < 4.78 is 68.2. The Bertz CT molecular complexity index is 852. The van der Waals surface area contributed by atoms with Gasteiger partial charge in [0.1, 0.15) is 16.5 Å². The third-order valence-corrected chi connectivity index (χ3v) is 5.84. The standard InChI is InChI=1S/C16H16F3N3O3S/c17-16(18,19)25-13-5-1-2-6-14(13)26(23,24)22-11-9-21(10-12-22)15-7-3-4-8-20-15/h1-8H,9-12H2. The van der Waals surface area contributed by atoms with Crippen LogP contribution in [0.2, 0.25) is 0 Å². The zero-order valence-corrected chi connectivity index (χ0v) is 14.4. The van der Waals surface area contributed by atoms with Crippen LogP contribution in [0.5, 0.6) is 5.75 Å². The number of sulfonamides is 1. The van der Waals surface area contributed by atoms with E-state index in [2.05, 4.69) is 9.72 Å². The van der Waals surface area contributed by atoms with Gasteiger partial charge in [0, 0.05) is 32.4 Å². The molecule has 6 nitrogen and oxygen atoms in total. The van der Waals surface area contributed by atoms with Gasteiger partial charge in [-0.15, -0.1) is 13.2 Å². The number of aromatic nitrogens is 1. The molecule has 26 heavy (non-hydrogen) atoms. The maximum Gasteiger partial charge on any atom is 0.573 e. The molecule has 0 amide bonds. The summed E-state index contributed by atoms with van der Waals surface area (Å²) in [6.45, 7) is 1.05. The van der Waals surface area contributed by atoms with Crippen LogP contribution in [0.25, 0.3) is 0 Å². The normalized spacial score (nSPS) is 16.5. The smallest absolute Gasteiger partial charge is 0.404 e. The van der Waals surface area contributed by atoms with Gasteiger partial charge in [0.25, 0.3) is 0 Å². The van der Waals surface area contributed by atoms with Crippen molar-refractivity contribution in [3.8, 4) is 5.75 Å². The highest BCUT2D eigenvalue weighted by atomic mass is 32.2. The summed E-state index contributed by atoms with van der Waals surface area (Å²) in [7, 11) is -4.11. The molecule has 1 aliphatic rings. The van der Waals surface area contributed by atoms with Crippen molar-refractivity contribution in [2.45, 2.75) is 11.3 Å². The fourth-order valence-electron chi connectivity index (χ4n) is 2.71. The summed E-state index contributed by atoms with van der Waals surface area (Å²) in [6.07, 6.45) is -3.33. The van der Waals surface area contributed by atoms with Crippen LogP contribution < -0.4 is 9.64 Å². The molecule has 0 unspecified atom stereocenters. The predicted octanol–water partition coefficient (Wildman–Crippen LogP) is 2.49. The summed E-state index contributed by atoms with van der Waals surface area (Å²) in [5, 5.41) is 0. The number of alkyl halides is 3. The van der Waals surface area contributed by atoms with Gasteiger partial charge in [-0.1, -0.05) is 18.2 Å². The Morgan fingerprint density at radius 2 is 1.62 bits per heavy atom. The number of pyridine rings is 1. The van der Waals surface area contributed by atoms with Crippen LogP contribution in [0.4, 0.5) is 19.0 Å². The Kier molecular flexibility index (Phi) is 5.05. The molecule has 2 heterocycles. The molecule has 0 saturated carbocycles. The van der Waals surface area contributed by atoms with Crippen LogP contribution in [-0.2, 0) is 10.0 Å². The van der Waals surface area contributed by atoms with Crippen LogP contribution in [0, 0.1) is 0 Å². The molecule has 0 aliphatic carbocycles. The number of hydrogen-bond acceptors (Lipinski definition) is 5. The van der Waals surface area contributed by atoms with Crippen LogP contribution in [-0.4, -0.2) is 50.2 Å². The van der Waals surface area contributed by atoms with E-state index in [-0.39, 0.29) is 13.1 Å². The molecule has 140 valence electrons. The number of piperazine rings is 1. The summed E-state index contributed by atoms with van der Waals surface area (Å²) in [4.78, 5) is 5.64. The number of nitrogens with zero attached hydrogens (tertiary/aromatic N) is 3. The summed E-state index contributed by atoms with van der Waals surface area (Å²) in [6, 6.07) is 10.2. The molecular formula is C16H16F3N3O3S. The second kappa shape index (κ2) is 7.12. The molecule has 0 atom stereocenters. The summed E-state index contributed by atoms with van der Waals surface area (Å²) >= 11 is 0. The number of ether oxygens (including phenoxy) is 1. The van der Waals surface area contributed by atoms with Crippen molar-refractivity contribution in [2.75, 3.05) is 31.1 Å². The Morgan fingerprint density at radius 3 is 2.23 bits per heavy atom. The number of para-hydroxylation sites is 1. The Morgan fingerprint density at radius 1 is 0.962 bits per heavy atom. The average Bonchev–Trinajstić information content (AvgIpc) is 2.61. The molecule has 2 aromatic rings. The maximum atomic E-state index is 12.8. The second-order valence-electron chi connectivity index (χ2n) is 5.57. The molecule has 1 aromatic carbocycles. The van der Waals surface area contributed by atoms with Crippen molar-refractivity contribution in [3.63, 3.8) is 0 Å². The van der Waals surface area contributed by atoms with Crippen molar-refractivity contribution in [1.82, 2.24) is 9.29 Å². The maximum absolute atomic E-state index is 12.8. The quantitative estimate of drug-likeness (QED) is 0.807. The van der Waals surface area contributed by atoms with Gasteiger partial charge < -0.3 is 9.64 Å². The van der Waals surface area contributed by atoms with E-state index in [0.29, 0.717) is 13.1 Å². The highest BCUT2D eigenvalue weighted by Crippen LogP contribution is 2.31. The van der Waals surface area contributed by atoms with E-state index < -0.39 is 27.0 Å². The highest BCUT2D eigenvalue weighted by molar-refractivity contribution is 7.89. The summed E-state index contributed by atoms with van der Waals surface area (Å²) in [5.74, 6) is -0.00231. The van der Waals surface area contributed by atoms with Gasteiger partial charge in [-0.3, -0.25) is 0 Å². The van der Waals surface area contributed by atoms with Gasteiger partial charge in [0.15, 0.2) is 0 Å². The van der Waals surface area contributed by atoms with Crippen molar-refractivity contribution >= 4 is 15.8 Å². The van der Waals surface area contributed by atoms with Crippen molar-refractivity contribution < 1.29 is 26.3 Å². The fourth-order valence-corrected chi connectivity index (χ4v) is 4.25. The van der Waals surface area contributed by atoms with Gasteiger partial charge >= 0.3 is 6.36 Å². The molecule has 0 bridgehead atoms. The van der Waals surface area contributed by atoms with Crippen LogP contribution in [0.15, 0.2) is 53.6 Å². The lowest BCUT2D eigenvalue weighted by Gasteiger charge is -2.34. The van der Waals surface area contributed by atoms with E-state index in [9.17, 15) is 21.6 Å². The van der Waals surface area contributed by atoms with Crippen LogP contribution >= 0.6 is 0 Å². The van der Waals surface area contributed by atoms with Crippen molar-refractivity contribution in [3.05, 3.63) is 48.7 Å². The first-order valence-electron chi connectivity index (χ1n) is 7.78. The minimum absolute atomic E-state index is 0.138. The Hall–Kier alpha value is -2.33. The Labute approximate surface area is 148 Å². The van der Waals surface area contributed by atoms with Crippen LogP contribution in [0.3, 0.4) is 0 Å². The number of anilines is 1. The third-order valence-electron chi connectivity index (χ3n) is 3.90. The lowest BCUT2D eigenvalue weighted by molar-refractivity contribution is -0.275. The molecule has 0 N–H and O–H groups in total. The third kappa shape index (κ3) is 4.07. The van der Waals surface area contributed by atoms with E-state index in [1.807, 2.05) is 17.0 Å².